The summed E-state index contributed by atoms with van der Waals surface area (Å²) in [4.78, 5) is 12.2. The lowest BCUT2D eigenvalue weighted by Crippen LogP contribution is -2.25. The maximum atomic E-state index is 11.3. The van der Waals surface area contributed by atoms with Gasteiger partial charge in [-0.2, -0.15) is 5.26 Å². The van der Waals surface area contributed by atoms with Gasteiger partial charge in [0, 0.05) is 10.6 Å². The number of rotatable bonds is 4. The third kappa shape index (κ3) is 3.83. The maximum Gasteiger partial charge on any atom is 0.231 e. The molecule has 0 aliphatic heterocycles. The smallest absolute Gasteiger partial charge is 0.231 e. The minimum absolute atomic E-state index is 0.0509. The summed E-state index contributed by atoms with van der Waals surface area (Å²) in [5, 5.41) is 10.8. The fraction of sp³-hybridized carbons (Fsp3) is 0.273. The van der Waals surface area contributed by atoms with Gasteiger partial charge in [0.1, 0.15) is 6.54 Å². The number of nitriles is 1. The number of hydrogen-bond donors (Lipinski definition) is 2. The van der Waals surface area contributed by atoms with Crippen LogP contribution in [0.15, 0.2) is 23.1 Å². The van der Waals surface area contributed by atoms with Crippen molar-refractivity contribution in [2.75, 3.05) is 18.0 Å². The highest BCUT2D eigenvalue weighted by atomic mass is 32.2. The molecule has 0 saturated heterocycles. The lowest BCUT2D eigenvalue weighted by Gasteiger charge is -2.06. The van der Waals surface area contributed by atoms with E-state index in [1.807, 2.05) is 31.2 Å². The van der Waals surface area contributed by atoms with E-state index in [1.165, 1.54) is 11.8 Å². The van der Waals surface area contributed by atoms with Crippen LogP contribution in [0.3, 0.4) is 0 Å². The van der Waals surface area contributed by atoms with E-state index in [2.05, 4.69) is 5.32 Å². The number of nitrogens with one attached hydrogen (secondary N) is 1. The molecule has 0 saturated carbocycles. The molecule has 0 fully saturated rings. The Morgan fingerprint density at radius 3 is 3.06 bits per heavy atom. The molecule has 1 rings (SSSR count). The van der Waals surface area contributed by atoms with Crippen molar-refractivity contribution in [3.8, 4) is 6.07 Å². The summed E-state index contributed by atoms with van der Waals surface area (Å²) < 4.78 is 0. The van der Waals surface area contributed by atoms with Gasteiger partial charge in [0.2, 0.25) is 5.91 Å². The highest BCUT2D eigenvalue weighted by Gasteiger charge is 2.04. The number of nitrogens with zero attached hydrogens (tertiary/aromatic N) is 1. The zero-order valence-electron chi connectivity index (χ0n) is 8.99. The molecule has 4 nitrogen and oxygen atoms in total. The predicted molar refractivity (Wildman–Crippen MR) is 64.9 cm³/mol. The summed E-state index contributed by atoms with van der Waals surface area (Å²) in [6, 6.07) is 7.45. The van der Waals surface area contributed by atoms with Crippen molar-refractivity contribution in [2.24, 2.45) is 0 Å². The Labute approximate surface area is 98.8 Å². The standard InChI is InChI=1S/C11H13N3OS/c1-8-2-3-9(13)6-10(8)16-7-11(15)14-5-4-12/h2-3,6H,5,7,13H2,1H3,(H,14,15). The SMILES string of the molecule is Cc1ccc(N)cc1SCC(=O)NCC#N. The third-order valence-electron chi connectivity index (χ3n) is 1.94. The molecule has 0 bridgehead atoms. The number of nitrogens with two attached hydrogens (primary N) is 1. The fourth-order valence-electron chi connectivity index (χ4n) is 1.10. The number of carbonyl (C=O) groups excluding carboxylic acids is 1. The first-order valence-corrected chi connectivity index (χ1v) is 5.74. The summed E-state index contributed by atoms with van der Waals surface area (Å²) in [6.07, 6.45) is 0. The number of nitrogen functional groups attached to an aromatic ring is 1. The Morgan fingerprint density at radius 2 is 2.38 bits per heavy atom. The molecule has 1 aromatic carbocycles. The minimum Gasteiger partial charge on any atom is -0.399 e. The second-order valence-electron chi connectivity index (χ2n) is 3.25. The van der Waals surface area contributed by atoms with E-state index in [-0.39, 0.29) is 12.5 Å². The van der Waals surface area contributed by atoms with Crippen LogP contribution in [0.5, 0.6) is 0 Å². The number of amides is 1. The fourth-order valence-corrected chi connectivity index (χ4v) is 2.01. The number of carbonyl (C=O) groups is 1. The molecule has 0 heterocycles. The van der Waals surface area contributed by atoms with Crippen molar-refractivity contribution in [2.45, 2.75) is 11.8 Å². The zero-order chi connectivity index (χ0) is 12.0. The average Bonchev–Trinajstić information content (AvgIpc) is 2.27. The highest BCUT2D eigenvalue weighted by Crippen LogP contribution is 2.24. The van der Waals surface area contributed by atoms with Gasteiger partial charge in [-0.1, -0.05) is 6.07 Å². The molecule has 0 atom stereocenters. The summed E-state index contributed by atoms with van der Waals surface area (Å²) in [7, 11) is 0. The quantitative estimate of drug-likeness (QED) is 0.468. The van der Waals surface area contributed by atoms with Gasteiger partial charge in [-0.05, 0) is 24.6 Å². The molecule has 1 aromatic rings. The van der Waals surface area contributed by atoms with Crippen molar-refractivity contribution in [3.63, 3.8) is 0 Å². The first-order chi connectivity index (χ1) is 7.63. The Balaban J connectivity index is 2.51. The number of hydrogen-bond acceptors (Lipinski definition) is 4. The molecule has 1 amide bonds. The van der Waals surface area contributed by atoms with Crippen LogP contribution in [-0.4, -0.2) is 18.2 Å². The monoisotopic (exact) mass is 235 g/mol. The van der Waals surface area contributed by atoms with E-state index < -0.39 is 0 Å². The maximum absolute atomic E-state index is 11.3. The third-order valence-corrected chi connectivity index (χ3v) is 3.09. The minimum atomic E-state index is -0.145. The van der Waals surface area contributed by atoms with Gasteiger partial charge in [-0.15, -0.1) is 11.8 Å². The molecule has 0 unspecified atom stereocenters. The highest BCUT2D eigenvalue weighted by molar-refractivity contribution is 8.00. The number of aryl methyl sites for hydroxylation is 1. The molecular formula is C11H13N3OS. The summed E-state index contributed by atoms with van der Waals surface area (Å²) in [6.45, 7) is 2.02. The van der Waals surface area contributed by atoms with E-state index in [1.54, 1.807) is 0 Å². The largest absolute Gasteiger partial charge is 0.399 e. The Hall–Kier alpha value is -1.67. The summed E-state index contributed by atoms with van der Waals surface area (Å²) >= 11 is 1.42. The Morgan fingerprint density at radius 1 is 1.62 bits per heavy atom. The molecule has 0 spiro atoms. The Kier molecular flexibility index (Phi) is 4.67. The normalized spacial score (nSPS) is 9.50. The number of thioether (sulfide) groups is 1. The van der Waals surface area contributed by atoms with Crippen LogP contribution in [0, 0.1) is 18.3 Å². The topological polar surface area (TPSA) is 78.9 Å². The van der Waals surface area contributed by atoms with Crippen molar-refractivity contribution in [3.05, 3.63) is 23.8 Å². The number of anilines is 1. The van der Waals surface area contributed by atoms with Gasteiger partial charge in [-0.3, -0.25) is 4.79 Å². The Bertz CT molecular complexity index is 426. The van der Waals surface area contributed by atoms with Gasteiger partial charge < -0.3 is 11.1 Å². The van der Waals surface area contributed by atoms with E-state index >= 15 is 0 Å². The van der Waals surface area contributed by atoms with Gasteiger partial charge in [0.25, 0.3) is 0 Å². The molecule has 0 radical (unpaired) electrons. The molecule has 0 aliphatic carbocycles. The lowest BCUT2D eigenvalue weighted by molar-refractivity contribution is -0.118. The van der Waals surface area contributed by atoms with Crippen LogP contribution in [0.25, 0.3) is 0 Å². The molecular weight excluding hydrogens is 222 g/mol. The van der Waals surface area contributed by atoms with E-state index in [9.17, 15) is 4.79 Å². The summed E-state index contributed by atoms with van der Waals surface area (Å²) in [5.74, 6) is 0.153. The van der Waals surface area contributed by atoms with E-state index in [4.69, 9.17) is 11.0 Å². The number of benzene rings is 1. The van der Waals surface area contributed by atoms with Crippen molar-refractivity contribution in [1.29, 1.82) is 5.26 Å². The van der Waals surface area contributed by atoms with Crippen LogP contribution in [0.2, 0.25) is 0 Å². The second-order valence-corrected chi connectivity index (χ2v) is 4.27. The molecule has 0 aliphatic rings. The van der Waals surface area contributed by atoms with Gasteiger partial charge in [-0.25, -0.2) is 0 Å². The van der Waals surface area contributed by atoms with Crippen molar-refractivity contribution >= 4 is 23.4 Å². The average molecular weight is 235 g/mol. The molecule has 84 valence electrons. The van der Waals surface area contributed by atoms with Crippen LogP contribution in [0.1, 0.15) is 5.56 Å². The van der Waals surface area contributed by atoms with Crippen LogP contribution in [0.4, 0.5) is 5.69 Å². The lowest BCUT2D eigenvalue weighted by atomic mass is 10.2. The van der Waals surface area contributed by atoms with E-state index in [0.717, 1.165) is 10.5 Å². The zero-order valence-corrected chi connectivity index (χ0v) is 9.80. The molecule has 0 aromatic heterocycles. The first-order valence-electron chi connectivity index (χ1n) is 4.76. The molecule has 3 N–H and O–H groups in total. The van der Waals surface area contributed by atoms with Crippen LogP contribution in [-0.2, 0) is 4.79 Å². The van der Waals surface area contributed by atoms with E-state index in [0.29, 0.717) is 11.4 Å². The van der Waals surface area contributed by atoms with Crippen LogP contribution >= 0.6 is 11.8 Å². The van der Waals surface area contributed by atoms with Crippen molar-refractivity contribution < 1.29 is 4.79 Å². The van der Waals surface area contributed by atoms with Gasteiger partial charge in [0.15, 0.2) is 0 Å². The van der Waals surface area contributed by atoms with Gasteiger partial charge >= 0.3 is 0 Å². The van der Waals surface area contributed by atoms with Crippen molar-refractivity contribution in [1.82, 2.24) is 5.32 Å². The second kappa shape index (κ2) is 6.03. The predicted octanol–water partition coefficient (Wildman–Crippen LogP) is 1.31. The summed E-state index contributed by atoms with van der Waals surface area (Å²) in [5.41, 5.74) is 7.43. The first kappa shape index (κ1) is 12.4. The molecule has 5 heteroatoms. The van der Waals surface area contributed by atoms with Gasteiger partial charge in [0.05, 0.1) is 11.8 Å². The molecule has 16 heavy (non-hydrogen) atoms. The van der Waals surface area contributed by atoms with Crippen LogP contribution < -0.4 is 11.1 Å².